The summed E-state index contributed by atoms with van der Waals surface area (Å²) >= 11 is 1.40. The van der Waals surface area contributed by atoms with Crippen molar-refractivity contribution in [1.29, 1.82) is 0 Å². The molecule has 0 saturated carbocycles. The molecule has 0 radical (unpaired) electrons. The number of nitrogen functional groups attached to an aromatic ring is 1. The predicted octanol–water partition coefficient (Wildman–Crippen LogP) is 3.45. The second-order valence-corrected chi connectivity index (χ2v) is 5.42. The lowest BCUT2D eigenvalue weighted by Crippen LogP contribution is -2.14. The third-order valence-corrected chi connectivity index (χ3v) is 3.72. The van der Waals surface area contributed by atoms with Crippen molar-refractivity contribution >= 4 is 29.0 Å². The SMILES string of the molecule is Cc1ccc(NC(=O)CSc2ccc(N)cc2)cc1F. The van der Waals surface area contributed by atoms with Crippen LogP contribution >= 0.6 is 11.8 Å². The van der Waals surface area contributed by atoms with Crippen LogP contribution in [0.5, 0.6) is 0 Å². The molecule has 0 aliphatic carbocycles. The molecule has 2 aromatic carbocycles. The highest BCUT2D eigenvalue weighted by molar-refractivity contribution is 8.00. The average molecular weight is 290 g/mol. The van der Waals surface area contributed by atoms with Gasteiger partial charge in [-0.1, -0.05) is 6.07 Å². The van der Waals surface area contributed by atoms with Crippen LogP contribution in [0.2, 0.25) is 0 Å². The van der Waals surface area contributed by atoms with Crippen LogP contribution < -0.4 is 11.1 Å². The number of carbonyl (C=O) groups is 1. The number of hydrogen-bond donors (Lipinski definition) is 2. The van der Waals surface area contributed by atoms with Gasteiger partial charge in [0.05, 0.1) is 5.75 Å². The summed E-state index contributed by atoms with van der Waals surface area (Å²) < 4.78 is 13.3. The van der Waals surface area contributed by atoms with E-state index >= 15 is 0 Å². The van der Waals surface area contributed by atoms with Gasteiger partial charge in [-0.15, -0.1) is 11.8 Å². The monoisotopic (exact) mass is 290 g/mol. The molecule has 0 bridgehead atoms. The third kappa shape index (κ3) is 3.99. The molecule has 2 rings (SSSR count). The van der Waals surface area contributed by atoms with Gasteiger partial charge < -0.3 is 11.1 Å². The van der Waals surface area contributed by atoms with Gasteiger partial charge in [0.15, 0.2) is 0 Å². The van der Waals surface area contributed by atoms with Crippen LogP contribution in [0.1, 0.15) is 5.56 Å². The number of nitrogens with one attached hydrogen (secondary N) is 1. The van der Waals surface area contributed by atoms with Crippen LogP contribution in [0.4, 0.5) is 15.8 Å². The van der Waals surface area contributed by atoms with Crippen molar-refractivity contribution in [3.8, 4) is 0 Å². The Kier molecular flexibility index (Phi) is 4.63. The maximum absolute atomic E-state index is 13.3. The molecule has 3 N–H and O–H groups in total. The molecule has 0 atom stereocenters. The van der Waals surface area contributed by atoms with Gasteiger partial charge in [-0.05, 0) is 48.9 Å². The van der Waals surface area contributed by atoms with E-state index in [1.54, 1.807) is 31.2 Å². The molecule has 5 heteroatoms. The van der Waals surface area contributed by atoms with Crippen molar-refractivity contribution in [3.63, 3.8) is 0 Å². The summed E-state index contributed by atoms with van der Waals surface area (Å²) in [5.74, 6) is -0.233. The first-order valence-corrected chi connectivity index (χ1v) is 7.07. The molecule has 1 amide bonds. The Morgan fingerprint density at radius 2 is 1.95 bits per heavy atom. The largest absolute Gasteiger partial charge is 0.399 e. The summed E-state index contributed by atoms with van der Waals surface area (Å²) in [5, 5.41) is 2.67. The molecule has 20 heavy (non-hydrogen) atoms. The Morgan fingerprint density at radius 1 is 1.25 bits per heavy atom. The molecule has 0 heterocycles. The Hall–Kier alpha value is -2.01. The van der Waals surface area contributed by atoms with E-state index in [1.165, 1.54) is 17.8 Å². The molecular weight excluding hydrogens is 275 g/mol. The maximum Gasteiger partial charge on any atom is 0.234 e. The summed E-state index contributed by atoms with van der Waals surface area (Å²) in [4.78, 5) is 12.7. The molecular formula is C15H15FN2OS. The second-order valence-electron chi connectivity index (χ2n) is 4.37. The summed E-state index contributed by atoms with van der Waals surface area (Å²) in [6, 6.07) is 11.9. The van der Waals surface area contributed by atoms with E-state index in [9.17, 15) is 9.18 Å². The van der Waals surface area contributed by atoms with E-state index in [1.807, 2.05) is 12.1 Å². The molecule has 0 fully saturated rings. The molecule has 0 aliphatic heterocycles. The highest BCUT2D eigenvalue weighted by Gasteiger charge is 2.05. The van der Waals surface area contributed by atoms with E-state index < -0.39 is 0 Å². The summed E-state index contributed by atoms with van der Waals surface area (Å²) in [5.41, 5.74) is 7.30. The number of benzene rings is 2. The van der Waals surface area contributed by atoms with Crippen LogP contribution in [0, 0.1) is 12.7 Å². The zero-order valence-electron chi connectivity index (χ0n) is 11.0. The van der Waals surface area contributed by atoms with Crippen molar-refractivity contribution in [2.45, 2.75) is 11.8 Å². The normalized spacial score (nSPS) is 10.3. The zero-order chi connectivity index (χ0) is 14.5. The first-order chi connectivity index (χ1) is 9.54. The number of carbonyl (C=O) groups excluding carboxylic acids is 1. The first-order valence-electron chi connectivity index (χ1n) is 6.09. The number of anilines is 2. The van der Waals surface area contributed by atoms with Crippen molar-refractivity contribution in [2.24, 2.45) is 0 Å². The van der Waals surface area contributed by atoms with Crippen molar-refractivity contribution in [3.05, 3.63) is 53.8 Å². The van der Waals surface area contributed by atoms with Gasteiger partial charge >= 0.3 is 0 Å². The summed E-state index contributed by atoms with van der Waals surface area (Å²) in [6.07, 6.45) is 0. The number of rotatable bonds is 4. The van der Waals surface area contributed by atoms with E-state index in [2.05, 4.69) is 5.32 Å². The fraction of sp³-hybridized carbons (Fsp3) is 0.133. The van der Waals surface area contributed by atoms with Gasteiger partial charge in [-0.2, -0.15) is 0 Å². The second kappa shape index (κ2) is 6.43. The zero-order valence-corrected chi connectivity index (χ0v) is 11.8. The van der Waals surface area contributed by atoms with E-state index in [-0.39, 0.29) is 17.5 Å². The third-order valence-electron chi connectivity index (χ3n) is 2.71. The molecule has 0 aromatic heterocycles. The van der Waals surface area contributed by atoms with Crippen LogP contribution in [-0.2, 0) is 4.79 Å². The van der Waals surface area contributed by atoms with Gasteiger partial charge in [0.25, 0.3) is 0 Å². The molecule has 0 spiro atoms. The van der Waals surface area contributed by atoms with Crippen molar-refractivity contribution in [2.75, 3.05) is 16.8 Å². The molecule has 104 valence electrons. The maximum atomic E-state index is 13.3. The van der Waals surface area contributed by atoms with Gasteiger partial charge in [0, 0.05) is 16.3 Å². The first kappa shape index (κ1) is 14.4. The minimum atomic E-state index is -0.325. The highest BCUT2D eigenvalue weighted by atomic mass is 32.2. The molecule has 0 unspecified atom stereocenters. The molecule has 0 saturated heterocycles. The lowest BCUT2D eigenvalue weighted by molar-refractivity contribution is -0.113. The van der Waals surface area contributed by atoms with E-state index in [4.69, 9.17) is 5.73 Å². The Morgan fingerprint density at radius 3 is 2.60 bits per heavy atom. The van der Waals surface area contributed by atoms with Gasteiger partial charge in [0.2, 0.25) is 5.91 Å². The van der Waals surface area contributed by atoms with Gasteiger partial charge in [-0.25, -0.2) is 4.39 Å². The minimum Gasteiger partial charge on any atom is -0.399 e. The number of aryl methyl sites for hydroxylation is 1. The lowest BCUT2D eigenvalue weighted by Gasteiger charge is -2.06. The number of amides is 1. The fourth-order valence-electron chi connectivity index (χ4n) is 1.58. The number of hydrogen-bond acceptors (Lipinski definition) is 3. The predicted molar refractivity (Wildman–Crippen MR) is 81.3 cm³/mol. The van der Waals surface area contributed by atoms with E-state index in [0.29, 0.717) is 16.9 Å². The Bertz CT molecular complexity index is 614. The molecule has 3 nitrogen and oxygen atoms in total. The van der Waals surface area contributed by atoms with Gasteiger partial charge in [-0.3, -0.25) is 4.79 Å². The fourth-order valence-corrected chi connectivity index (χ4v) is 2.28. The van der Waals surface area contributed by atoms with Gasteiger partial charge in [0.1, 0.15) is 5.82 Å². The topological polar surface area (TPSA) is 55.1 Å². The van der Waals surface area contributed by atoms with Crippen molar-refractivity contribution in [1.82, 2.24) is 0 Å². The molecule has 0 aliphatic rings. The highest BCUT2D eigenvalue weighted by Crippen LogP contribution is 2.20. The van der Waals surface area contributed by atoms with Crippen LogP contribution in [-0.4, -0.2) is 11.7 Å². The summed E-state index contributed by atoms with van der Waals surface area (Å²) in [7, 11) is 0. The van der Waals surface area contributed by atoms with Crippen molar-refractivity contribution < 1.29 is 9.18 Å². The quantitative estimate of drug-likeness (QED) is 0.670. The average Bonchev–Trinajstić information content (AvgIpc) is 2.42. The van der Waals surface area contributed by atoms with E-state index in [0.717, 1.165) is 4.90 Å². The van der Waals surface area contributed by atoms with Crippen LogP contribution in [0.25, 0.3) is 0 Å². The summed E-state index contributed by atoms with van der Waals surface area (Å²) in [6.45, 7) is 1.68. The van der Waals surface area contributed by atoms with Crippen LogP contribution in [0.15, 0.2) is 47.4 Å². The lowest BCUT2D eigenvalue weighted by atomic mass is 10.2. The Balaban J connectivity index is 1.89. The Labute approximate surface area is 121 Å². The number of halogens is 1. The smallest absolute Gasteiger partial charge is 0.234 e. The number of thioether (sulfide) groups is 1. The standard InChI is InChI=1S/C15H15FN2OS/c1-10-2-5-12(8-14(10)16)18-15(19)9-20-13-6-3-11(17)4-7-13/h2-8H,9,17H2,1H3,(H,18,19). The molecule has 2 aromatic rings. The van der Waals surface area contributed by atoms with Crippen LogP contribution in [0.3, 0.4) is 0 Å². The number of nitrogens with two attached hydrogens (primary N) is 1. The minimum absolute atomic E-state index is 0.171.